The molecule has 4 aromatic rings. The van der Waals surface area contributed by atoms with E-state index in [1.807, 2.05) is 0 Å². The summed E-state index contributed by atoms with van der Waals surface area (Å²) in [6, 6.07) is 4.93. The van der Waals surface area contributed by atoms with Gasteiger partial charge in [-0.3, -0.25) is 18.5 Å². The van der Waals surface area contributed by atoms with E-state index in [1.54, 1.807) is 27.7 Å². The van der Waals surface area contributed by atoms with Crippen LogP contribution >= 0.6 is 23.2 Å². The second-order valence-electron chi connectivity index (χ2n) is 8.19. The Kier molecular flexibility index (Phi) is 5.68. The largest absolute Gasteiger partial charge is 0.419 e. The fourth-order valence-corrected chi connectivity index (χ4v) is 4.43. The third-order valence-electron chi connectivity index (χ3n) is 5.90. The fourth-order valence-electron chi connectivity index (χ4n) is 4.13. The number of piperidine rings is 1. The van der Waals surface area contributed by atoms with Crippen LogP contribution < -0.4 is 16.1 Å². The van der Waals surface area contributed by atoms with Gasteiger partial charge in [-0.05, 0) is 31.0 Å². The molecule has 1 aromatic carbocycles. The van der Waals surface area contributed by atoms with E-state index in [1.165, 1.54) is 18.7 Å². The SMILES string of the molecule is Cn1c(=O)c2c(nc(N3CCCC(F)C3)n2Cc2nnc(-c3ccc(Cl)c(Cl)c3)o2)n(C)c1=O. The zero-order valence-electron chi connectivity index (χ0n) is 18.3. The highest BCUT2D eigenvalue weighted by Crippen LogP contribution is 2.29. The van der Waals surface area contributed by atoms with Crippen molar-refractivity contribution in [2.75, 3.05) is 18.0 Å². The molecule has 1 aliphatic heterocycles. The number of imidazole rings is 1. The minimum Gasteiger partial charge on any atom is -0.419 e. The molecule has 5 rings (SSSR count). The molecule has 10 nitrogen and oxygen atoms in total. The quantitative estimate of drug-likeness (QED) is 0.418. The first-order valence-electron chi connectivity index (χ1n) is 10.6. The molecule has 0 spiro atoms. The smallest absolute Gasteiger partial charge is 0.332 e. The van der Waals surface area contributed by atoms with Gasteiger partial charge in [-0.1, -0.05) is 23.2 Å². The Hall–Kier alpha value is -3.18. The Bertz CT molecular complexity index is 1520. The van der Waals surface area contributed by atoms with Gasteiger partial charge in [0.15, 0.2) is 11.2 Å². The molecule has 1 aliphatic rings. The van der Waals surface area contributed by atoms with Gasteiger partial charge in [0.25, 0.3) is 5.56 Å². The summed E-state index contributed by atoms with van der Waals surface area (Å²) in [7, 11) is 2.93. The van der Waals surface area contributed by atoms with Crippen LogP contribution in [0.3, 0.4) is 0 Å². The lowest BCUT2D eigenvalue weighted by atomic mass is 10.1. The van der Waals surface area contributed by atoms with Crippen LogP contribution in [0.4, 0.5) is 10.3 Å². The number of halogens is 3. The third kappa shape index (κ3) is 3.78. The van der Waals surface area contributed by atoms with Crippen molar-refractivity contribution in [3.05, 3.63) is 55.0 Å². The first-order valence-corrected chi connectivity index (χ1v) is 11.3. The Morgan fingerprint density at radius 2 is 1.94 bits per heavy atom. The standard InChI is InChI=1S/C21H20Cl2FN7O3/c1-28-17-16(19(32)29(2)21(28)33)31(20(25-17)30-7-3-4-12(24)9-30)10-15-26-27-18(34-15)11-5-6-13(22)14(23)8-11/h5-6,8,12H,3-4,7,9-10H2,1-2H3. The summed E-state index contributed by atoms with van der Waals surface area (Å²) in [4.78, 5) is 31.9. The maximum Gasteiger partial charge on any atom is 0.332 e. The van der Waals surface area contributed by atoms with Gasteiger partial charge in [0.1, 0.15) is 12.7 Å². The summed E-state index contributed by atoms with van der Waals surface area (Å²) in [6.07, 6.45) is 0.0927. The topological polar surface area (TPSA) is 104 Å². The molecule has 1 atom stereocenters. The van der Waals surface area contributed by atoms with Gasteiger partial charge in [-0.2, -0.15) is 4.98 Å². The molecule has 0 amide bonds. The van der Waals surface area contributed by atoms with E-state index in [0.717, 1.165) is 4.57 Å². The molecule has 0 saturated carbocycles. The number of aromatic nitrogens is 6. The van der Waals surface area contributed by atoms with Crippen LogP contribution in [0.15, 0.2) is 32.2 Å². The summed E-state index contributed by atoms with van der Waals surface area (Å²) in [6.45, 7) is 0.702. The highest BCUT2D eigenvalue weighted by atomic mass is 35.5. The molecular weight excluding hydrogens is 488 g/mol. The Morgan fingerprint density at radius 1 is 1.15 bits per heavy atom. The molecule has 0 aliphatic carbocycles. The second kappa shape index (κ2) is 8.55. The van der Waals surface area contributed by atoms with Crippen LogP contribution in [0.2, 0.25) is 10.0 Å². The molecule has 3 aromatic heterocycles. The molecule has 1 saturated heterocycles. The normalized spacial score (nSPS) is 16.5. The number of benzene rings is 1. The third-order valence-corrected chi connectivity index (χ3v) is 6.64. The molecule has 0 radical (unpaired) electrons. The lowest BCUT2D eigenvalue weighted by Crippen LogP contribution is -2.38. The van der Waals surface area contributed by atoms with Crippen molar-refractivity contribution in [1.29, 1.82) is 0 Å². The van der Waals surface area contributed by atoms with Crippen LogP contribution in [-0.2, 0) is 20.6 Å². The van der Waals surface area contributed by atoms with Crippen molar-refractivity contribution in [3.8, 4) is 11.5 Å². The van der Waals surface area contributed by atoms with Crippen LogP contribution in [0, 0.1) is 0 Å². The molecule has 0 N–H and O–H groups in total. The number of hydrogen-bond donors (Lipinski definition) is 0. The zero-order valence-corrected chi connectivity index (χ0v) is 19.8. The fraction of sp³-hybridized carbons (Fsp3) is 0.381. The van der Waals surface area contributed by atoms with Gasteiger partial charge in [-0.25, -0.2) is 9.18 Å². The highest BCUT2D eigenvalue weighted by molar-refractivity contribution is 6.42. The molecule has 178 valence electrons. The predicted molar refractivity (Wildman–Crippen MR) is 125 cm³/mol. The average molecular weight is 508 g/mol. The molecular formula is C21H20Cl2FN7O3. The van der Waals surface area contributed by atoms with Crippen LogP contribution in [0.1, 0.15) is 18.7 Å². The van der Waals surface area contributed by atoms with E-state index in [9.17, 15) is 14.0 Å². The summed E-state index contributed by atoms with van der Waals surface area (Å²) < 4.78 is 23.9. The van der Waals surface area contributed by atoms with Gasteiger partial charge >= 0.3 is 5.69 Å². The van der Waals surface area contributed by atoms with Crippen molar-refractivity contribution in [3.63, 3.8) is 0 Å². The maximum atomic E-state index is 14.2. The lowest BCUT2D eigenvalue weighted by Gasteiger charge is -2.30. The number of alkyl halides is 1. The van der Waals surface area contributed by atoms with E-state index in [-0.39, 0.29) is 36.0 Å². The van der Waals surface area contributed by atoms with Gasteiger partial charge in [0.2, 0.25) is 17.7 Å². The van der Waals surface area contributed by atoms with Gasteiger partial charge < -0.3 is 9.32 Å². The first-order chi connectivity index (χ1) is 16.2. The zero-order chi connectivity index (χ0) is 24.1. The van der Waals surface area contributed by atoms with Crippen molar-refractivity contribution in [1.82, 2.24) is 28.9 Å². The summed E-state index contributed by atoms with van der Waals surface area (Å²) in [5, 5.41) is 8.93. The van der Waals surface area contributed by atoms with Crippen LogP contribution in [0.25, 0.3) is 22.6 Å². The minimum atomic E-state index is -1.02. The molecule has 1 fully saturated rings. The van der Waals surface area contributed by atoms with E-state index >= 15 is 0 Å². The van der Waals surface area contributed by atoms with Crippen molar-refractivity contribution >= 4 is 40.3 Å². The van der Waals surface area contributed by atoms with Crippen molar-refractivity contribution in [2.45, 2.75) is 25.6 Å². The number of nitrogens with zero attached hydrogens (tertiary/aromatic N) is 7. The summed E-state index contributed by atoms with van der Waals surface area (Å²) in [5.74, 6) is 0.790. The summed E-state index contributed by atoms with van der Waals surface area (Å²) in [5.41, 5.74) is -0.0491. The van der Waals surface area contributed by atoms with Crippen molar-refractivity contribution < 1.29 is 8.81 Å². The first kappa shape index (κ1) is 22.6. The molecule has 1 unspecified atom stereocenters. The second-order valence-corrected chi connectivity index (χ2v) is 9.01. The minimum absolute atomic E-state index is 0.00104. The van der Waals surface area contributed by atoms with E-state index < -0.39 is 17.4 Å². The maximum absolute atomic E-state index is 14.2. The number of hydrogen-bond acceptors (Lipinski definition) is 7. The number of anilines is 1. The van der Waals surface area contributed by atoms with E-state index in [2.05, 4.69) is 15.2 Å². The van der Waals surface area contributed by atoms with E-state index in [0.29, 0.717) is 40.9 Å². The van der Waals surface area contributed by atoms with Crippen LogP contribution in [0.5, 0.6) is 0 Å². The molecule has 4 heterocycles. The monoisotopic (exact) mass is 507 g/mol. The predicted octanol–water partition coefficient (Wildman–Crippen LogP) is 2.78. The van der Waals surface area contributed by atoms with Gasteiger partial charge in [0, 0.05) is 26.2 Å². The lowest BCUT2D eigenvalue weighted by molar-refractivity contribution is 0.284. The number of rotatable bonds is 4. The number of aryl methyl sites for hydroxylation is 1. The molecule has 0 bridgehead atoms. The average Bonchev–Trinajstić information content (AvgIpc) is 3.44. The molecule has 13 heteroatoms. The van der Waals surface area contributed by atoms with Gasteiger partial charge in [-0.15, -0.1) is 10.2 Å². The Morgan fingerprint density at radius 3 is 2.68 bits per heavy atom. The highest BCUT2D eigenvalue weighted by Gasteiger charge is 2.28. The van der Waals surface area contributed by atoms with Crippen LogP contribution in [-0.4, -0.2) is 48.1 Å². The Balaban J connectivity index is 1.63. The van der Waals surface area contributed by atoms with E-state index in [4.69, 9.17) is 27.6 Å². The van der Waals surface area contributed by atoms with Crippen molar-refractivity contribution in [2.24, 2.45) is 14.1 Å². The van der Waals surface area contributed by atoms with Gasteiger partial charge in [0.05, 0.1) is 16.6 Å². The summed E-state index contributed by atoms with van der Waals surface area (Å²) >= 11 is 12.1. The number of fused-ring (bicyclic) bond motifs is 1. The molecule has 34 heavy (non-hydrogen) atoms. The Labute approximate surface area is 202 Å².